The molecule has 3 aromatic heterocycles. The summed E-state index contributed by atoms with van der Waals surface area (Å²) in [5.41, 5.74) is 5.73. The molecule has 3 heterocycles. The van der Waals surface area contributed by atoms with Gasteiger partial charge < -0.3 is 4.74 Å². The number of aromatic nitrogens is 4. The predicted octanol–water partition coefficient (Wildman–Crippen LogP) is 5.80. The largest absolute Gasteiger partial charge is 0.497 e. The number of pyridine rings is 2. The lowest BCUT2D eigenvalue weighted by atomic mass is 10.1. The number of hydrogen-bond donors (Lipinski definition) is 0. The fourth-order valence-electron chi connectivity index (χ4n) is 4.19. The molecule has 0 saturated carbocycles. The summed E-state index contributed by atoms with van der Waals surface area (Å²) in [5.74, 6) is 1.69. The van der Waals surface area contributed by atoms with Crippen LogP contribution in [0.15, 0.2) is 91.3 Å². The highest BCUT2D eigenvalue weighted by Crippen LogP contribution is 2.37. The number of rotatable bonds is 3. The Bertz CT molecular complexity index is 1550. The zero-order chi connectivity index (χ0) is 20.8. The first-order valence-corrected chi connectivity index (χ1v) is 10.1. The average Bonchev–Trinajstić information content (AvgIpc) is 3.26. The monoisotopic (exact) mass is 402 g/mol. The van der Waals surface area contributed by atoms with Gasteiger partial charge >= 0.3 is 0 Å². The molecule has 0 radical (unpaired) electrons. The summed E-state index contributed by atoms with van der Waals surface area (Å²) in [6, 6.07) is 26.4. The van der Waals surface area contributed by atoms with Gasteiger partial charge in [0.1, 0.15) is 11.6 Å². The first-order valence-electron chi connectivity index (χ1n) is 10.1. The molecule has 5 nitrogen and oxygen atoms in total. The van der Waals surface area contributed by atoms with Crippen LogP contribution < -0.4 is 4.74 Å². The third kappa shape index (κ3) is 2.67. The third-order valence-electron chi connectivity index (χ3n) is 5.59. The van der Waals surface area contributed by atoms with E-state index in [-0.39, 0.29) is 0 Å². The molecule has 0 aliphatic carbocycles. The van der Waals surface area contributed by atoms with Crippen LogP contribution >= 0.6 is 0 Å². The van der Waals surface area contributed by atoms with Crippen molar-refractivity contribution in [1.29, 1.82) is 0 Å². The van der Waals surface area contributed by atoms with Crippen LogP contribution in [0.5, 0.6) is 5.75 Å². The molecule has 6 rings (SSSR count). The Morgan fingerprint density at radius 1 is 0.677 bits per heavy atom. The molecule has 0 spiro atoms. The molecule has 31 heavy (non-hydrogen) atoms. The van der Waals surface area contributed by atoms with Gasteiger partial charge in [0.25, 0.3) is 0 Å². The Balaban J connectivity index is 1.83. The molecule has 0 N–H and O–H groups in total. The van der Waals surface area contributed by atoms with Crippen LogP contribution in [0.1, 0.15) is 0 Å². The maximum absolute atomic E-state index is 5.37. The second-order valence-corrected chi connectivity index (χ2v) is 7.33. The molecule has 0 atom stereocenters. The van der Waals surface area contributed by atoms with E-state index in [1.165, 1.54) is 0 Å². The van der Waals surface area contributed by atoms with Crippen LogP contribution in [0.25, 0.3) is 49.9 Å². The Kier molecular flexibility index (Phi) is 3.93. The Morgan fingerprint density at radius 3 is 2.06 bits per heavy atom. The second kappa shape index (κ2) is 6.92. The molecule has 0 fully saturated rings. The van der Waals surface area contributed by atoms with E-state index in [1.807, 2.05) is 48.7 Å². The van der Waals surface area contributed by atoms with E-state index in [0.29, 0.717) is 0 Å². The first-order chi connectivity index (χ1) is 15.3. The molecule has 0 aliphatic heterocycles. The number of ether oxygens (including phenoxy) is 1. The normalized spacial score (nSPS) is 11.4. The van der Waals surface area contributed by atoms with E-state index >= 15 is 0 Å². The Labute approximate surface area is 178 Å². The van der Waals surface area contributed by atoms with Crippen molar-refractivity contribution in [1.82, 2.24) is 19.5 Å². The second-order valence-electron chi connectivity index (χ2n) is 7.33. The maximum atomic E-state index is 5.37. The van der Waals surface area contributed by atoms with Crippen LogP contribution in [-0.2, 0) is 0 Å². The van der Waals surface area contributed by atoms with Crippen molar-refractivity contribution in [2.24, 2.45) is 0 Å². The lowest BCUT2D eigenvalue weighted by Gasteiger charge is -2.12. The third-order valence-corrected chi connectivity index (χ3v) is 5.59. The summed E-state index contributed by atoms with van der Waals surface area (Å²) < 4.78 is 7.58. The maximum Gasteiger partial charge on any atom is 0.145 e. The molecule has 0 aliphatic rings. The topological polar surface area (TPSA) is 52.8 Å². The molecule has 0 bridgehead atoms. The van der Waals surface area contributed by atoms with E-state index in [4.69, 9.17) is 9.72 Å². The van der Waals surface area contributed by atoms with Crippen molar-refractivity contribution in [3.05, 3.63) is 91.3 Å². The van der Waals surface area contributed by atoms with Crippen LogP contribution in [0.3, 0.4) is 0 Å². The van der Waals surface area contributed by atoms with Crippen molar-refractivity contribution in [3.63, 3.8) is 0 Å². The number of methoxy groups -OCH3 is 1. The summed E-state index contributed by atoms with van der Waals surface area (Å²) in [7, 11) is 1.68. The minimum absolute atomic E-state index is 0.815. The van der Waals surface area contributed by atoms with Crippen LogP contribution in [0.4, 0.5) is 0 Å². The molecular formula is C26H18N4O. The zero-order valence-electron chi connectivity index (χ0n) is 16.9. The van der Waals surface area contributed by atoms with E-state index in [1.54, 1.807) is 13.3 Å². The minimum Gasteiger partial charge on any atom is -0.497 e. The summed E-state index contributed by atoms with van der Waals surface area (Å²) in [6.45, 7) is 0. The number of fused-ring (bicyclic) bond motifs is 6. The van der Waals surface area contributed by atoms with Gasteiger partial charge in [-0.15, -0.1) is 0 Å². The van der Waals surface area contributed by atoms with Gasteiger partial charge in [-0.1, -0.05) is 30.3 Å². The average molecular weight is 402 g/mol. The number of imidazole rings is 1. The quantitative estimate of drug-likeness (QED) is 0.351. The van der Waals surface area contributed by atoms with Gasteiger partial charge in [0.2, 0.25) is 0 Å². The molecule has 0 saturated heterocycles. The molecule has 5 heteroatoms. The van der Waals surface area contributed by atoms with Crippen molar-refractivity contribution >= 4 is 32.8 Å². The highest BCUT2D eigenvalue weighted by Gasteiger charge is 2.20. The first kappa shape index (κ1) is 17.6. The van der Waals surface area contributed by atoms with Crippen molar-refractivity contribution < 1.29 is 4.74 Å². The highest BCUT2D eigenvalue weighted by molar-refractivity contribution is 6.21. The van der Waals surface area contributed by atoms with Crippen molar-refractivity contribution in [2.45, 2.75) is 0 Å². The summed E-state index contributed by atoms with van der Waals surface area (Å²) in [4.78, 5) is 14.5. The number of hydrogen-bond acceptors (Lipinski definition) is 4. The summed E-state index contributed by atoms with van der Waals surface area (Å²) >= 11 is 0. The minimum atomic E-state index is 0.815. The van der Waals surface area contributed by atoms with Crippen LogP contribution in [-0.4, -0.2) is 26.6 Å². The van der Waals surface area contributed by atoms with Gasteiger partial charge in [0.15, 0.2) is 0 Å². The zero-order valence-corrected chi connectivity index (χ0v) is 16.9. The molecule has 0 unspecified atom stereocenters. The van der Waals surface area contributed by atoms with Gasteiger partial charge in [-0.25, -0.2) is 4.98 Å². The lowest BCUT2D eigenvalue weighted by Crippen LogP contribution is -1.98. The van der Waals surface area contributed by atoms with Gasteiger partial charge in [-0.2, -0.15) is 0 Å². The molecular weight excluding hydrogens is 384 g/mol. The van der Waals surface area contributed by atoms with Crippen LogP contribution in [0.2, 0.25) is 0 Å². The van der Waals surface area contributed by atoms with Gasteiger partial charge in [-0.3, -0.25) is 14.5 Å². The van der Waals surface area contributed by atoms with E-state index < -0.39 is 0 Å². The van der Waals surface area contributed by atoms with Gasteiger partial charge in [0, 0.05) is 34.4 Å². The number of nitrogens with zero attached hydrogens (tertiary/aromatic N) is 4. The van der Waals surface area contributed by atoms with Gasteiger partial charge in [0.05, 0.1) is 29.2 Å². The molecule has 3 aromatic carbocycles. The predicted molar refractivity (Wildman–Crippen MR) is 124 cm³/mol. The van der Waals surface area contributed by atoms with E-state index in [0.717, 1.165) is 55.7 Å². The van der Waals surface area contributed by atoms with Crippen molar-refractivity contribution in [2.75, 3.05) is 7.11 Å². The fraction of sp³-hybridized carbons (Fsp3) is 0.0385. The van der Waals surface area contributed by atoms with Crippen LogP contribution in [0, 0.1) is 0 Å². The smallest absolute Gasteiger partial charge is 0.145 e. The number of benzene rings is 3. The molecule has 6 aromatic rings. The lowest BCUT2D eigenvalue weighted by molar-refractivity contribution is 0.415. The van der Waals surface area contributed by atoms with Crippen molar-refractivity contribution in [3.8, 4) is 22.8 Å². The highest BCUT2D eigenvalue weighted by atomic mass is 16.5. The standard InChI is InChI=1S/C26H18N4O/c1-31-19-13-11-18(12-14-19)30-25-21-10-6-16-28-23(21)22-20(9-5-15-27-22)24(25)29-26(30)17-7-3-2-4-8-17/h2-16H,1H3. The SMILES string of the molecule is COc1ccc(-n2c(-c3ccccc3)nc3c4cccnc4c4ncccc4c32)cc1. The fourth-order valence-corrected chi connectivity index (χ4v) is 4.19. The Morgan fingerprint density at radius 2 is 1.35 bits per heavy atom. The van der Waals surface area contributed by atoms with E-state index in [2.05, 4.69) is 50.9 Å². The molecule has 148 valence electrons. The van der Waals surface area contributed by atoms with Gasteiger partial charge in [-0.05, 0) is 48.5 Å². The summed E-state index contributed by atoms with van der Waals surface area (Å²) in [6.07, 6.45) is 3.62. The van der Waals surface area contributed by atoms with E-state index in [9.17, 15) is 0 Å². The summed E-state index contributed by atoms with van der Waals surface area (Å²) in [5, 5.41) is 2.02. The Hall–Kier alpha value is -4.25. The molecule has 0 amide bonds.